The van der Waals surface area contributed by atoms with Crippen molar-refractivity contribution in [2.24, 2.45) is 5.92 Å². The summed E-state index contributed by atoms with van der Waals surface area (Å²) in [6, 6.07) is 0.0147. The third kappa shape index (κ3) is 1.58. The van der Waals surface area contributed by atoms with Gasteiger partial charge in [-0.15, -0.1) is 5.10 Å². The van der Waals surface area contributed by atoms with Gasteiger partial charge < -0.3 is 16.6 Å². The first-order valence-corrected chi connectivity index (χ1v) is 5.62. The number of nitrogen functional groups attached to an aromatic ring is 2. The standard InChI is InChI=1S/C10H13N7O/c11-8-7-9(14-10(12)13-8)17(16-15-7)6-2-1-5(3-6)4-18/h1-2,5-6,18H,3-4H2,(H4,11,12,13,14). The second kappa shape index (κ2) is 3.91. The maximum atomic E-state index is 9.12. The Morgan fingerprint density at radius 1 is 1.33 bits per heavy atom. The fourth-order valence-corrected chi connectivity index (χ4v) is 2.16. The number of hydrogen-bond donors (Lipinski definition) is 3. The summed E-state index contributed by atoms with van der Waals surface area (Å²) in [5, 5.41) is 17.1. The molecule has 0 saturated heterocycles. The van der Waals surface area contributed by atoms with Crippen molar-refractivity contribution in [2.75, 3.05) is 18.1 Å². The van der Waals surface area contributed by atoms with E-state index < -0.39 is 0 Å². The lowest BCUT2D eigenvalue weighted by molar-refractivity contribution is 0.243. The van der Waals surface area contributed by atoms with Gasteiger partial charge in [-0.2, -0.15) is 9.97 Å². The van der Waals surface area contributed by atoms with E-state index in [2.05, 4.69) is 20.3 Å². The molecule has 1 aliphatic rings. The van der Waals surface area contributed by atoms with Crippen molar-refractivity contribution in [1.82, 2.24) is 25.0 Å². The van der Waals surface area contributed by atoms with E-state index in [0.717, 1.165) is 6.42 Å². The number of hydrogen-bond acceptors (Lipinski definition) is 7. The number of anilines is 2. The van der Waals surface area contributed by atoms with Crippen molar-refractivity contribution < 1.29 is 5.11 Å². The largest absolute Gasteiger partial charge is 0.396 e. The Morgan fingerprint density at radius 3 is 2.89 bits per heavy atom. The number of fused-ring (bicyclic) bond motifs is 1. The molecule has 0 aliphatic heterocycles. The smallest absolute Gasteiger partial charge is 0.224 e. The quantitative estimate of drug-likeness (QED) is 0.610. The minimum Gasteiger partial charge on any atom is -0.396 e. The maximum Gasteiger partial charge on any atom is 0.224 e. The molecule has 2 heterocycles. The van der Waals surface area contributed by atoms with Crippen LogP contribution in [0.4, 0.5) is 11.8 Å². The summed E-state index contributed by atoms with van der Waals surface area (Å²) in [5.74, 6) is 0.472. The van der Waals surface area contributed by atoms with Crippen LogP contribution in [-0.4, -0.2) is 36.7 Å². The van der Waals surface area contributed by atoms with Crippen molar-refractivity contribution >= 4 is 22.9 Å². The SMILES string of the molecule is Nc1nc(N)c2nnn(C3C=CC(CO)C3)c2n1. The van der Waals surface area contributed by atoms with Gasteiger partial charge in [-0.05, 0) is 6.42 Å². The Hall–Kier alpha value is -2.22. The van der Waals surface area contributed by atoms with Crippen LogP contribution in [-0.2, 0) is 0 Å². The van der Waals surface area contributed by atoms with Gasteiger partial charge in [-0.3, -0.25) is 0 Å². The molecule has 0 spiro atoms. The van der Waals surface area contributed by atoms with Crippen LogP contribution < -0.4 is 11.5 Å². The van der Waals surface area contributed by atoms with E-state index in [-0.39, 0.29) is 30.3 Å². The average Bonchev–Trinajstić information content (AvgIpc) is 2.93. The Labute approximate surface area is 102 Å². The van der Waals surface area contributed by atoms with Crippen molar-refractivity contribution in [3.05, 3.63) is 12.2 Å². The lowest BCUT2D eigenvalue weighted by atomic mass is 10.1. The lowest BCUT2D eigenvalue weighted by Gasteiger charge is -2.10. The highest BCUT2D eigenvalue weighted by Crippen LogP contribution is 2.29. The molecular formula is C10H13N7O. The first kappa shape index (κ1) is 10.9. The number of rotatable bonds is 2. The predicted molar refractivity (Wildman–Crippen MR) is 65.3 cm³/mol. The number of aromatic nitrogens is 5. The summed E-state index contributed by atoms with van der Waals surface area (Å²) < 4.78 is 1.66. The molecule has 18 heavy (non-hydrogen) atoms. The van der Waals surface area contributed by atoms with Gasteiger partial charge in [0.1, 0.15) is 0 Å². The number of allylic oxidation sites excluding steroid dienone is 1. The molecule has 2 unspecified atom stereocenters. The molecule has 0 fully saturated rings. The summed E-state index contributed by atoms with van der Waals surface area (Å²) in [6.45, 7) is 0.124. The molecule has 94 valence electrons. The highest BCUT2D eigenvalue weighted by atomic mass is 16.3. The molecule has 2 aromatic heterocycles. The van der Waals surface area contributed by atoms with Gasteiger partial charge in [0.15, 0.2) is 17.0 Å². The van der Waals surface area contributed by atoms with Gasteiger partial charge in [-0.1, -0.05) is 17.4 Å². The molecule has 0 amide bonds. The van der Waals surface area contributed by atoms with E-state index in [1.54, 1.807) is 4.68 Å². The van der Waals surface area contributed by atoms with Crippen LogP contribution in [0.1, 0.15) is 12.5 Å². The molecule has 5 N–H and O–H groups in total. The molecule has 2 atom stereocenters. The van der Waals surface area contributed by atoms with E-state index in [4.69, 9.17) is 16.6 Å². The summed E-state index contributed by atoms with van der Waals surface area (Å²) in [7, 11) is 0. The van der Waals surface area contributed by atoms with Crippen LogP contribution in [0.2, 0.25) is 0 Å². The summed E-state index contributed by atoms with van der Waals surface area (Å²) in [4.78, 5) is 7.96. The van der Waals surface area contributed by atoms with E-state index in [1.807, 2.05) is 12.2 Å². The van der Waals surface area contributed by atoms with Gasteiger partial charge >= 0.3 is 0 Å². The fourth-order valence-electron chi connectivity index (χ4n) is 2.16. The van der Waals surface area contributed by atoms with Crippen molar-refractivity contribution in [1.29, 1.82) is 0 Å². The molecule has 8 heteroatoms. The minimum absolute atomic E-state index is 0.0147. The summed E-state index contributed by atoms with van der Waals surface area (Å²) in [6.07, 6.45) is 4.70. The summed E-state index contributed by atoms with van der Waals surface area (Å²) in [5.41, 5.74) is 12.3. The van der Waals surface area contributed by atoms with Crippen molar-refractivity contribution in [3.63, 3.8) is 0 Å². The van der Waals surface area contributed by atoms with E-state index in [9.17, 15) is 0 Å². The Morgan fingerprint density at radius 2 is 2.17 bits per heavy atom. The minimum atomic E-state index is 0.0147. The van der Waals surface area contributed by atoms with Crippen LogP contribution in [0, 0.1) is 5.92 Å². The zero-order chi connectivity index (χ0) is 12.7. The zero-order valence-corrected chi connectivity index (χ0v) is 9.56. The first-order chi connectivity index (χ1) is 8.69. The lowest BCUT2D eigenvalue weighted by Crippen LogP contribution is -2.11. The van der Waals surface area contributed by atoms with Crippen molar-refractivity contribution in [2.45, 2.75) is 12.5 Å². The second-order valence-electron chi connectivity index (χ2n) is 4.30. The topological polar surface area (TPSA) is 129 Å². The molecule has 2 aromatic rings. The van der Waals surface area contributed by atoms with Crippen LogP contribution in [0.25, 0.3) is 11.2 Å². The molecule has 8 nitrogen and oxygen atoms in total. The zero-order valence-electron chi connectivity index (χ0n) is 9.56. The highest BCUT2D eigenvalue weighted by molar-refractivity contribution is 5.81. The van der Waals surface area contributed by atoms with Gasteiger partial charge in [-0.25, -0.2) is 4.68 Å². The maximum absolute atomic E-state index is 9.12. The van der Waals surface area contributed by atoms with E-state index in [1.165, 1.54) is 0 Å². The molecule has 3 rings (SSSR count). The fraction of sp³-hybridized carbons (Fsp3) is 0.400. The molecule has 0 saturated carbocycles. The average molecular weight is 247 g/mol. The normalized spacial score (nSPS) is 22.9. The van der Waals surface area contributed by atoms with Crippen LogP contribution in [0.5, 0.6) is 0 Å². The van der Waals surface area contributed by atoms with Gasteiger partial charge in [0.25, 0.3) is 0 Å². The number of nitrogens with zero attached hydrogens (tertiary/aromatic N) is 5. The number of aliphatic hydroxyl groups excluding tert-OH is 1. The number of aliphatic hydroxyl groups is 1. The summed E-state index contributed by atoms with van der Waals surface area (Å²) >= 11 is 0. The molecule has 0 radical (unpaired) electrons. The third-order valence-corrected chi connectivity index (χ3v) is 3.07. The molecule has 0 aromatic carbocycles. The van der Waals surface area contributed by atoms with Crippen LogP contribution >= 0.6 is 0 Å². The number of nitrogens with two attached hydrogens (primary N) is 2. The van der Waals surface area contributed by atoms with Gasteiger partial charge in [0, 0.05) is 12.5 Å². The van der Waals surface area contributed by atoms with Crippen LogP contribution in [0.3, 0.4) is 0 Å². The molecule has 0 bridgehead atoms. The van der Waals surface area contributed by atoms with Crippen molar-refractivity contribution in [3.8, 4) is 0 Å². The third-order valence-electron chi connectivity index (χ3n) is 3.07. The van der Waals surface area contributed by atoms with E-state index >= 15 is 0 Å². The van der Waals surface area contributed by atoms with Gasteiger partial charge in [0.05, 0.1) is 6.04 Å². The Balaban J connectivity index is 2.06. The Kier molecular flexibility index (Phi) is 2.37. The highest BCUT2D eigenvalue weighted by Gasteiger charge is 2.23. The molecule has 1 aliphatic carbocycles. The predicted octanol–water partition coefficient (Wildman–Crippen LogP) is -0.505. The Bertz CT molecular complexity index is 620. The van der Waals surface area contributed by atoms with E-state index in [0.29, 0.717) is 11.2 Å². The second-order valence-corrected chi connectivity index (χ2v) is 4.30. The van der Waals surface area contributed by atoms with Gasteiger partial charge in [0.2, 0.25) is 5.95 Å². The first-order valence-electron chi connectivity index (χ1n) is 5.62. The monoisotopic (exact) mass is 247 g/mol. The molecular weight excluding hydrogens is 234 g/mol. The van der Waals surface area contributed by atoms with Crippen LogP contribution in [0.15, 0.2) is 12.2 Å².